The van der Waals surface area contributed by atoms with Crippen molar-refractivity contribution in [3.05, 3.63) is 51.8 Å². The minimum atomic E-state index is -0.920. The number of nitrogens with zero attached hydrogens (tertiary/aromatic N) is 2. The number of fused-ring (bicyclic) bond motifs is 3. The van der Waals surface area contributed by atoms with Crippen LogP contribution in [0.5, 0.6) is 0 Å². The van der Waals surface area contributed by atoms with E-state index in [2.05, 4.69) is 11.1 Å². The molecule has 116 valence electrons. The second kappa shape index (κ2) is 5.82. The summed E-state index contributed by atoms with van der Waals surface area (Å²) in [4.78, 5) is 26.4. The van der Waals surface area contributed by atoms with Gasteiger partial charge in [-0.15, -0.1) is 11.8 Å². The number of carboxylic acid groups (broad SMARTS) is 1. The number of hydrogen-bond donors (Lipinski definition) is 2. The molecule has 7 heteroatoms. The first-order chi connectivity index (χ1) is 11.0. The van der Waals surface area contributed by atoms with Crippen LogP contribution in [0.2, 0.25) is 0 Å². The number of carboxylic acids is 1. The van der Waals surface area contributed by atoms with E-state index < -0.39 is 11.2 Å². The summed E-state index contributed by atoms with van der Waals surface area (Å²) in [6.07, 6.45) is 0. The summed E-state index contributed by atoms with van der Waals surface area (Å²) in [5.74, 6) is -0.630. The molecule has 0 fully saturated rings. The molecule has 0 saturated heterocycles. The molecule has 0 amide bonds. The van der Waals surface area contributed by atoms with Crippen molar-refractivity contribution in [1.82, 2.24) is 9.38 Å². The average Bonchev–Trinajstić information content (AvgIpc) is 2.92. The molecule has 23 heavy (non-hydrogen) atoms. The Morgan fingerprint density at radius 3 is 2.91 bits per heavy atom. The molecule has 3 aromatic rings. The number of aliphatic carboxylic acids is 1. The number of H-pyrrole nitrogens is 1. The number of nitrogens with one attached hydrogen (secondary N) is 1. The number of aromatic amines is 1. The summed E-state index contributed by atoms with van der Waals surface area (Å²) < 4.78 is 1.47. The van der Waals surface area contributed by atoms with Gasteiger partial charge in [0.25, 0.3) is 5.56 Å². The first-order valence-corrected chi connectivity index (χ1v) is 7.97. The van der Waals surface area contributed by atoms with E-state index >= 15 is 0 Å². The van der Waals surface area contributed by atoms with Gasteiger partial charge in [0.2, 0.25) is 0 Å². The van der Waals surface area contributed by atoms with Crippen LogP contribution >= 0.6 is 11.8 Å². The number of para-hydroxylation sites is 2. The predicted molar refractivity (Wildman–Crippen MR) is 88.6 cm³/mol. The minimum Gasteiger partial charge on any atom is -0.480 e. The van der Waals surface area contributed by atoms with Crippen LogP contribution in [0.3, 0.4) is 0 Å². The molecule has 1 aromatic carbocycles. The topological polar surface area (TPSA) is 98.4 Å². The fourth-order valence-corrected chi connectivity index (χ4v) is 3.24. The van der Waals surface area contributed by atoms with Gasteiger partial charge in [-0.25, -0.2) is 0 Å². The number of carbonyl (C=O) groups is 1. The lowest BCUT2D eigenvalue weighted by Crippen LogP contribution is -2.16. The Morgan fingerprint density at radius 1 is 1.48 bits per heavy atom. The van der Waals surface area contributed by atoms with E-state index in [-0.39, 0.29) is 11.3 Å². The Hall–Kier alpha value is -2.72. The van der Waals surface area contributed by atoms with Crippen LogP contribution in [0.25, 0.3) is 16.7 Å². The molecule has 0 unspecified atom stereocenters. The van der Waals surface area contributed by atoms with Crippen LogP contribution in [-0.4, -0.2) is 25.7 Å². The number of benzene rings is 1. The maximum absolute atomic E-state index is 12.4. The van der Waals surface area contributed by atoms with Crippen molar-refractivity contribution >= 4 is 34.4 Å². The van der Waals surface area contributed by atoms with Crippen molar-refractivity contribution in [2.24, 2.45) is 0 Å². The van der Waals surface area contributed by atoms with Gasteiger partial charge < -0.3 is 10.1 Å². The zero-order valence-corrected chi connectivity index (χ0v) is 13.1. The molecule has 2 N–H and O–H groups in total. The molecule has 0 aliphatic heterocycles. The standard InChI is InChI=1S/C16H13N3O3S/c1-9(16(21)22)23-8-10-6-14(20)19-13-5-3-2-4-12(13)18-15(19)11(10)7-17/h2-6,9,18H,8H2,1H3,(H,21,22)/t9-/m0/s1. The molecule has 3 rings (SSSR count). The van der Waals surface area contributed by atoms with E-state index in [9.17, 15) is 14.9 Å². The number of aromatic nitrogens is 2. The van der Waals surface area contributed by atoms with Crippen molar-refractivity contribution in [3.63, 3.8) is 0 Å². The van der Waals surface area contributed by atoms with E-state index in [4.69, 9.17) is 5.11 Å². The zero-order valence-electron chi connectivity index (χ0n) is 12.2. The normalized spacial score (nSPS) is 12.3. The Bertz CT molecular complexity index is 1010. The van der Waals surface area contributed by atoms with E-state index in [1.165, 1.54) is 22.2 Å². The number of thioether (sulfide) groups is 1. The van der Waals surface area contributed by atoms with Gasteiger partial charge in [0, 0.05) is 11.8 Å². The summed E-state index contributed by atoms with van der Waals surface area (Å²) in [6.45, 7) is 1.58. The van der Waals surface area contributed by atoms with Gasteiger partial charge in [0.1, 0.15) is 11.7 Å². The van der Waals surface area contributed by atoms with Crippen molar-refractivity contribution < 1.29 is 9.90 Å². The third-order valence-electron chi connectivity index (χ3n) is 3.65. The lowest BCUT2D eigenvalue weighted by Gasteiger charge is -2.08. The van der Waals surface area contributed by atoms with Gasteiger partial charge in [-0.05, 0) is 24.6 Å². The number of nitriles is 1. The third-order valence-corrected chi connectivity index (χ3v) is 4.83. The van der Waals surface area contributed by atoms with Gasteiger partial charge in [-0.2, -0.15) is 5.26 Å². The van der Waals surface area contributed by atoms with Gasteiger partial charge in [-0.3, -0.25) is 14.0 Å². The van der Waals surface area contributed by atoms with Gasteiger partial charge in [0.05, 0.1) is 21.8 Å². The van der Waals surface area contributed by atoms with Crippen LogP contribution < -0.4 is 5.56 Å². The number of pyridine rings is 1. The average molecular weight is 327 g/mol. The first kappa shape index (κ1) is 15.2. The molecule has 0 aliphatic carbocycles. The summed E-state index contributed by atoms with van der Waals surface area (Å²) >= 11 is 1.18. The SMILES string of the molecule is C[C@H](SCc1cc(=O)n2c([nH]c3ccccc32)c1C#N)C(=O)O. The molecule has 1 atom stereocenters. The quantitative estimate of drug-likeness (QED) is 0.766. The summed E-state index contributed by atoms with van der Waals surface area (Å²) in [5.41, 5.74) is 2.59. The molecule has 0 spiro atoms. The largest absolute Gasteiger partial charge is 0.480 e. The molecule has 6 nitrogen and oxygen atoms in total. The van der Waals surface area contributed by atoms with Crippen LogP contribution in [0, 0.1) is 11.3 Å². The molecule has 0 bridgehead atoms. The maximum atomic E-state index is 12.4. The number of imidazole rings is 1. The summed E-state index contributed by atoms with van der Waals surface area (Å²) in [7, 11) is 0. The summed E-state index contributed by atoms with van der Waals surface area (Å²) in [5, 5.41) is 17.8. The second-order valence-corrected chi connectivity index (χ2v) is 6.44. The lowest BCUT2D eigenvalue weighted by molar-refractivity contribution is -0.136. The lowest BCUT2D eigenvalue weighted by atomic mass is 10.1. The Labute approximate surface area is 135 Å². The summed E-state index contributed by atoms with van der Waals surface area (Å²) in [6, 6.07) is 10.9. The van der Waals surface area contributed by atoms with Crippen molar-refractivity contribution in [1.29, 1.82) is 5.26 Å². The zero-order chi connectivity index (χ0) is 16.6. The number of hydrogen-bond acceptors (Lipinski definition) is 4. The van der Waals surface area contributed by atoms with E-state index in [0.717, 1.165) is 5.52 Å². The molecular formula is C16H13N3O3S. The van der Waals surface area contributed by atoms with E-state index in [1.54, 1.807) is 6.92 Å². The highest BCUT2D eigenvalue weighted by atomic mass is 32.2. The fraction of sp³-hybridized carbons (Fsp3) is 0.188. The molecule has 0 radical (unpaired) electrons. The maximum Gasteiger partial charge on any atom is 0.316 e. The molecule has 0 saturated carbocycles. The monoisotopic (exact) mass is 327 g/mol. The van der Waals surface area contributed by atoms with Crippen molar-refractivity contribution in [2.75, 3.05) is 0 Å². The molecule has 0 aliphatic rings. The van der Waals surface area contributed by atoms with Crippen LogP contribution in [-0.2, 0) is 10.5 Å². The van der Waals surface area contributed by atoms with Gasteiger partial charge in [-0.1, -0.05) is 12.1 Å². The third kappa shape index (κ3) is 2.58. The van der Waals surface area contributed by atoms with E-state index in [0.29, 0.717) is 22.3 Å². The minimum absolute atomic E-state index is 0.241. The Morgan fingerprint density at radius 2 is 2.22 bits per heavy atom. The van der Waals surface area contributed by atoms with Crippen LogP contribution in [0.4, 0.5) is 0 Å². The fourth-order valence-electron chi connectivity index (χ4n) is 2.44. The Balaban J connectivity index is 2.17. The highest BCUT2D eigenvalue weighted by molar-refractivity contribution is 7.99. The van der Waals surface area contributed by atoms with Crippen molar-refractivity contribution in [3.8, 4) is 6.07 Å². The van der Waals surface area contributed by atoms with Crippen LogP contribution in [0.15, 0.2) is 35.1 Å². The predicted octanol–water partition coefficient (Wildman–Crippen LogP) is 2.36. The highest BCUT2D eigenvalue weighted by Crippen LogP contribution is 2.24. The smallest absolute Gasteiger partial charge is 0.316 e. The first-order valence-electron chi connectivity index (χ1n) is 6.92. The molecule has 2 heterocycles. The Kier molecular flexibility index (Phi) is 3.84. The second-order valence-electron chi connectivity index (χ2n) is 5.11. The highest BCUT2D eigenvalue weighted by Gasteiger charge is 2.17. The van der Waals surface area contributed by atoms with Crippen molar-refractivity contribution in [2.45, 2.75) is 17.9 Å². The van der Waals surface area contributed by atoms with Gasteiger partial charge in [0.15, 0.2) is 0 Å². The van der Waals surface area contributed by atoms with Crippen LogP contribution in [0.1, 0.15) is 18.1 Å². The van der Waals surface area contributed by atoms with E-state index in [1.807, 2.05) is 24.3 Å². The molecule has 2 aromatic heterocycles. The molecular weight excluding hydrogens is 314 g/mol. The van der Waals surface area contributed by atoms with Gasteiger partial charge >= 0.3 is 5.97 Å². The number of rotatable bonds is 4.